The maximum atomic E-state index is 13.2. The number of hydrogen-bond donors (Lipinski definition) is 1. The fourth-order valence-electron chi connectivity index (χ4n) is 4.65. The number of rotatable bonds is 6. The Kier molecular flexibility index (Phi) is 5.32. The van der Waals surface area contributed by atoms with Crippen molar-refractivity contribution in [2.24, 2.45) is 0 Å². The molecule has 3 amide bonds. The Morgan fingerprint density at radius 1 is 1.16 bits per heavy atom. The van der Waals surface area contributed by atoms with E-state index in [0.29, 0.717) is 29.7 Å². The number of nitrogens with zero attached hydrogens (tertiary/aromatic N) is 2. The maximum absolute atomic E-state index is 13.2. The van der Waals surface area contributed by atoms with E-state index in [4.69, 9.17) is 0 Å². The van der Waals surface area contributed by atoms with E-state index in [9.17, 15) is 22.8 Å². The van der Waals surface area contributed by atoms with Crippen LogP contribution in [0.2, 0.25) is 0 Å². The molecular weight excluding hydrogens is 430 g/mol. The zero-order valence-corrected chi connectivity index (χ0v) is 19.0. The average molecular weight is 456 g/mol. The summed E-state index contributed by atoms with van der Waals surface area (Å²) in [4.78, 5) is 39.8. The van der Waals surface area contributed by atoms with Crippen molar-refractivity contribution in [1.82, 2.24) is 10.2 Å². The number of Topliss-reactive ketones (excluding diaryl/α,β-unsaturated/α-hetero) is 1. The topological polar surface area (TPSA) is 104 Å². The minimum absolute atomic E-state index is 0.243. The van der Waals surface area contributed by atoms with Crippen molar-refractivity contribution in [3.63, 3.8) is 0 Å². The lowest BCUT2D eigenvalue weighted by Gasteiger charge is -2.25. The van der Waals surface area contributed by atoms with E-state index >= 15 is 0 Å². The van der Waals surface area contributed by atoms with Gasteiger partial charge in [0.25, 0.3) is 5.91 Å². The van der Waals surface area contributed by atoms with E-state index in [1.165, 1.54) is 4.31 Å². The number of imide groups is 1. The van der Waals surface area contributed by atoms with Gasteiger partial charge >= 0.3 is 6.03 Å². The third-order valence-corrected chi connectivity index (χ3v) is 7.46. The molecule has 8 nitrogen and oxygen atoms in total. The lowest BCUT2D eigenvalue weighted by atomic mass is 9.87. The Bertz CT molecular complexity index is 1210. The molecule has 2 aliphatic heterocycles. The van der Waals surface area contributed by atoms with Crippen LogP contribution < -0.4 is 9.62 Å². The summed E-state index contributed by atoms with van der Waals surface area (Å²) >= 11 is 0. The number of fused-ring (bicyclic) bond motifs is 1. The molecule has 0 saturated carbocycles. The molecule has 2 aromatic carbocycles. The van der Waals surface area contributed by atoms with E-state index < -0.39 is 27.5 Å². The molecule has 1 N–H and O–H groups in total. The number of nitrogens with one attached hydrogen (secondary N) is 1. The summed E-state index contributed by atoms with van der Waals surface area (Å²) in [6, 6.07) is 12.9. The van der Waals surface area contributed by atoms with Crippen LogP contribution in [0.4, 0.5) is 10.5 Å². The van der Waals surface area contributed by atoms with Crippen molar-refractivity contribution in [3.05, 3.63) is 65.2 Å². The van der Waals surface area contributed by atoms with Gasteiger partial charge in [0.2, 0.25) is 10.0 Å². The maximum Gasteiger partial charge on any atom is 0.325 e. The molecule has 1 saturated heterocycles. The zero-order valence-electron chi connectivity index (χ0n) is 18.2. The number of carbonyl (C=O) groups excluding carboxylic acids is 3. The number of anilines is 1. The first-order valence-electron chi connectivity index (χ1n) is 10.4. The van der Waals surface area contributed by atoms with Gasteiger partial charge in [-0.3, -0.25) is 18.8 Å². The van der Waals surface area contributed by atoms with Gasteiger partial charge in [-0.25, -0.2) is 13.2 Å². The van der Waals surface area contributed by atoms with E-state index in [1.807, 2.05) is 19.9 Å². The minimum Gasteiger partial charge on any atom is -0.319 e. The summed E-state index contributed by atoms with van der Waals surface area (Å²) in [5.74, 6) is -0.843. The molecule has 9 heteroatoms. The molecule has 0 aliphatic carbocycles. The Morgan fingerprint density at radius 2 is 1.84 bits per heavy atom. The highest BCUT2D eigenvalue weighted by Gasteiger charge is 2.51. The first-order chi connectivity index (χ1) is 15.1. The lowest BCUT2D eigenvalue weighted by molar-refractivity contribution is -0.131. The van der Waals surface area contributed by atoms with Gasteiger partial charge in [-0.15, -0.1) is 0 Å². The molecule has 2 aromatic rings. The molecule has 2 atom stereocenters. The molecule has 2 heterocycles. The van der Waals surface area contributed by atoms with Crippen LogP contribution in [-0.2, 0) is 26.8 Å². The van der Waals surface area contributed by atoms with Crippen LogP contribution in [0.25, 0.3) is 0 Å². The first-order valence-corrected chi connectivity index (χ1v) is 12.3. The molecule has 1 fully saturated rings. The third-order valence-electron chi connectivity index (χ3n) is 6.19. The predicted octanol–water partition coefficient (Wildman–Crippen LogP) is 2.44. The number of amides is 3. The van der Waals surface area contributed by atoms with Crippen LogP contribution in [0.5, 0.6) is 0 Å². The van der Waals surface area contributed by atoms with Gasteiger partial charge in [-0.2, -0.15) is 0 Å². The number of ketones is 1. The van der Waals surface area contributed by atoms with Crippen molar-refractivity contribution >= 4 is 33.4 Å². The molecule has 168 valence electrons. The Balaban J connectivity index is 1.58. The largest absolute Gasteiger partial charge is 0.325 e. The summed E-state index contributed by atoms with van der Waals surface area (Å²) in [7, 11) is -3.43. The van der Waals surface area contributed by atoms with Crippen molar-refractivity contribution < 1.29 is 22.8 Å². The second-order valence-corrected chi connectivity index (χ2v) is 10.2. The molecule has 0 spiro atoms. The molecule has 0 unspecified atom stereocenters. The predicted molar refractivity (Wildman–Crippen MR) is 120 cm³/mol. The standard InChI is InChI=1S/C23H25N3O5S/c1-4-23(18-8-6-5-7-9-18)21(28)25(22(29)24-23)14-20(27)16-10-11-19-17(13-16)12-15(2)26(19)32(3,30)31/h5-11,13,15H,4,12,14H2,1-3H3,(H,24,29)/t15-,23+/m0/s1. The van der Waals surface area contributed by atoms with E-state index in [0.717, 1.165) is 16.7 Å². The zero-order chi connectivity index (χ0) is 23.3. The van der Waals surface area contributed by atoms with Gasteiger partial charge in [0.1, 0.15) is 5.54 Å². The normalized spacial score (nSPS) is 22.8. The van der Waals surface area contributed by atoms with Crippen LogP contribution in [0, 0.1) is 0 Å². The summed E-state index contributed by atoms with van der Waals surface area (Å²) in [5, 5.41) is 2.77. The van der Waals surface area contributed by atoms with E-state index in [1.54, 1.807) is 42.5 Å². The van der Waals surface area contributed by atoms with Crippen LogP contribution in [-0.4, -0.2) is 49.9 Å². The average Bonchev–Trinajstić information content (AvgIpc) is 3.22. The Labute approximate surface area is 187 Å². The molecule has 0 bridgehead atoms. The molecular formula is C23H25N3O5S. The van der Waals surface area contributed by atoms with Gasteiger partial charge in [0.05, 0.1) is 18.5 Å². The molecule has 32 heavy (non-hydrogen) atoms. The smallest absolute Gasteiger partial charge is 0.319 e. The number of hydrogen-bond acceptors (Lipinski definition) is 5. The minimum atomic E-state index is -3.43. The van der Waals surface area contributed by atoms with Crippen LogP contribution >= 0.6 is 0 Å². The van der Waals surface area contributed by atoms with Gasteiger partial charge in [-0.05, 0) is 49.1 Å². The third kappa shape index (κ3) is 3.46. The molecule has 0 aromatic heterocycles. The Hall–Kier alpha value is -3.20. The number of urea groups is 1. The number of benzene rings is 2. The second kappa shape index (κ2) is 7.74. The Morgan fingerprint density at radius 3 is 2.47 bits per heavy atom. The van der Waals surface area contributed by atoms with E-state index in [-0.39, 0.29) is 18.4 Å². The first kappa shape index (κ1) is 22.0. The molecule has 0 radical (unpaired) electrons. The summed E-state index contributed by atoms with van der Waals surface area (Å²) in [6.45, 7) is 3.23. The number of sulfonamides is 1. The lowest BCUT2D eigenvalue weighted by Crippen LogP contribution is -2.43. The van der Waals surface area contributed by atoms with Gasteiger partial charge in [0, 0.05) is 11.6 Å². The molecule has 4 rings (SSSR count). The quantitative estimate of drug-likeness (QED) is 0.532. The van der Waals surface area contributed by atoms with Gasteiger partial charge < -0.3 is 5.32 Å². The van der Waals surface area contributed by atoms with Crippen LogP contribution in [0.1, 0.15) is 41.8 Å². The summed E-state index contributed by atoms with van der Waals surface area (Å²) < 4.78 is 25.6. The number of carbonyl (C=O) groups is 3. The van der Waals surface area contributed by atoms with Crippen molar-refractivity contribution in [2.45, 2.75) is 38.3 Å². The summed E-state index contributed by atoms with van der Waals surface area (Å²) in [5.41, 5.74) is 1.12. The van der Waals surface area contributed by atoms with Crippen molar-refractivity contribution in [2.75, 3.05) is 17.1 Å². The highest BCUT2D eigenvalue weighted by Crippen LogP contribution is 2.35. The van der Waals surface area contributed by atoms with Gasteiger partial charge in [-0.1, -0.05) is 37.3 Å². The van der Waals surface area contributed by atoms with Gasteiger partial charge in [0.15, 0.2) is 5.78 Å². The summed E-state index contributed by atoms with van der Waals surface area (Å²) in [6.07, 6.45) is 1.99. The van der Waals surface area contributed by atoms with Crippen LogP contribution in [0.15, 0.2) is 48.5 Å². The van der Waals surface area contributed by atoms with E-state index in [2.05, 4.69) is 5.32 Å². The monoisotopic (exact) mass is 455 g/mol. The fraction of sp³-hybridized carbons (Fsp3) is 0.348. The SMILES string of the molecule is CC[C@]1(c2ccccc2)NC(=O)N(CC(=O)c2ccc3c(c2)C[C@H](C)N3S(C)(=O)=O)C1=O. The van der Waals surface area contributed by atoms with Crippen molar-refractivity contribution in [1.29, 1.82) is 0 Å². The fourth-order valence-corrected chi connectivity index (χ4v) is 5.91. The van der Waals surface area contributed by atoms with Crippen molar-refractivity contribution in [3.8, 4) is 0 Å². The van der Waals surface area contributed by atoms with Crippen LogP contribution in [0.3, 0.4) is 0 Å². The highest BCUT2D eigenvalue weighted by atomic mass is 32.2. The molecule has 2 aliphatic rings. The second-order valence-electron chi connectivity index (χ2n) is 8.32. The highest BCUT2D eigenvalue weighted by molar-refractivity contribution is 7.92.